The fourth-order valence-corrected chi connectivity index (χ4v) is 1.76. The third-order valence-electron chi connectivity index (χ3n) is 2.45. The van der Waals surface area contributed by atoms with Crippen LogP contribution in [0.3, 0.4) is 0 Å². The quantitative estimate of drug-likeness (QED) is 0.907. The van der Waals surface area contributed by atoms with Crippen molar-refractivity contribution < 1.29 is 4.74 Å². The topological polar surface area (TPSA) is 48.1 Å². The predicted molar refractivity (Wildman–Crippen MR) is 68.4 cm³/mol. The summed E-state index contributed by atoms with van der Waals surface area (Å²) >= 11 is 6.06. The molecule has 0 bridgehead atoms. The Labute approximate surface area is 105 Å². The summed E-state index contributed by atoms with van der Waals surface area (Å²) in [5, 5.41) is 0.610. The second-order valence-electron chi connectivity index (χ2n) is 3.65. The molecule has 0 spiro atoms. The van der Waals surface area contributed by atoms with Gasteiger partial charge in [-0.3, -0.25) is 0 Å². The summed E-state index contributed by atoms with van der Waals surface area (Å²) in [4.78, 5) is 4.17. The van der Waals surface area contributed by atoms with Crippen molar-refractivity contribution in [1.82, 2.24) is 4.98 Å². The Balaban J connectivity index is 2.37. The summed E-state index contributed by atoms with van der Waals surface area (Å²) in [6.07, 6.45) is 1.69. The lowest BCUT2D eigenvalue weighted by molar-refractivity contribution is 0.453. The number of aryl methyl sites for hydroxylation is 1. The molecule has 0 aliphatic rings. The molecule has 0 fully saturated rings. The van der Waals surface area contributed by atoms with Gasteiger partial charge in [0.25, 0.3) is 0 Å². The Hall–Kier alpha value is -1.58. The number of hydrogen-bond acceptors (Lipinski definition) is 3. The van der Waals surface area contributed by atoms with E-state index in [0.29, 0.717) is 23.2 Å². The molecule has 1 aromatic carbocycles. The maximum Gasteiger partial charge on any atom is 0.222 e. The molecule has 1 heterocycles. The summed E-state index contributed by atoms with van der Waals surface area (Å²) in [5.74, 6) is 1.23. The van der Waals surface area contributed by atoms with Crippen molar-refractivity contribution in [3.8, 4) is 11.6 Å². The molecule has 88 valence electrons. The number of halogens is 1. The minimum absolute atomic E-state index is 0.334. The van der Waals surface area contributed by atoms with Crippen LogP contribution in [-0.4, -0.2) is 4.98 Å². The van der Waals surface area contributed by atoms with Crippen molar-refractivity contribution >= 4 is 11.6 Å². The highest BCUT2D eigenvalue weighted by Crippen LogP contribution is 2.30. The molecule has 4 heteroatoms. The molecule has 2 N–H and O–H groups in total. The van der Waals surface area contributed by atoms with E-state index in [1.807, 2.05) is 31.2 Å². The van der Waals surface area contributed by atoms with Crippen LogP contribution in [0.4, 0.5) is 0 Å². The summed E-state index contributed by atoms with van der Waals surface area (Å²) in [5.41, 5.74) is 7.42. The highest BCUT2D eigenvalue weighted by atomic mass is 35.5. The number of aromatic nitrogens is 1. The second kappa shape index (κ2) is 5.17. The number of rotatable bonds is 3. The first-order valence-corrected chi connectivity index (χ1v) is 5.67. The lowest BCUT2D eigenvalue weighted by atomic mass is 10.2. The van der Waals surface area contributed by atoms with Gasteiger partial charge < -0.3 is 10.5 Å². The Bertz CT molecular complexity index is 529. The summed E-state index contributed by atoms with van der Waals surface area (Å²) in [6, 6.07) is 9.26. The number of benzene rings is 1. The van der Waals surface area contributed by atoms with Crippen LogP contribution in [0.25, 0.3) is 0 Å². The number of hydrogen-bond donors (Lipinski definition) is 1. The molecule has 0 aliphatic carbocycles. The fourth-order valence-electron chi connectivity index (χ4n) is 1.51. The first-order valence-electron chi connectivity index (χ1n) is 5.29. The Morgan fingerprint density at radius 1 is 1.29 bits per heavy atom. The Kier molecular flexibility index (Phi) is 3.61. The molecule has 0 aliphatic heterocycles. The average Bonchev–Trinajstić information content (AvgIpc) is 2.32. The molecule has 0 radical (unpaired) electrons. The number of pyridine rings is 1. The zero-order valence-corrected chi connectivity index (χ0v) is 10.2. The van der Waals surface area contributed by atoms with Crippen molar-refractivity contribution in [2.75, 3.05) is 0 Å². The average molecular weight is 249 g/mol. The fraction of sp³-hybridized carbons (Fsp3) is 0.154. The normalized spacial score (nSPS) is 10.3. The molecule has 0 saturated carbocycles. The molecule has 0 saturated heterocycles. The van der Waals surface area contributed by atoms with Crippen LogP contribution in [0, 0.1) is 6.92 Å². The first kappa shape index (κ1) is 11.9. The zero-order valence-electron chi connectivity index (χ0n) is 9.48. The van der Waals surface area contributed by atoms with Gasteiger partial charge in [-0.15, -0.1) is 0 Å². The van der Waals surface area contributed by atoms with Crippen molar-refractivity contribution in [2.24, 2.45) is 5.73 Å². The third-order valence-corrected chi connectivity index (χ3v) is 2.80. The van der Waals surface area contributed by atoms with Gasteiger partial charge >= 0.3 is 0 Å². The summed E-state index contributed by atoms with van der Waals surface area (Å²) in [6.45, 7) is 2.27. The van der Waals surface area contributed by atoms with Gasteiger partial charge in [0.05, 0.1) is 0 Å². The van der Waals surface area contributed by atoms with E-state index in [4.69, 9.17) is 22.1 Å². The van der Waals surface area contributed by atoms with Gasteiger partial charge in [-0.1, -0.05) is 23.7 Å². The maximum absolute atomic E-state index is 6.06. The molecular formula is C13H13ClN2O. The highest BCUT2D eigenvalue weighted by Gasteiger charge is 2.09. The largest absolute Gasteiger partial charge is 0.438 e. The van der Waals surface area contributed by atoms with Crippen LogP contribution in [0.5, 0.6) is 11.6 Å². The second-order valence-corrected chi connectivity index (χ2v) is 4.06. The van der Waals surface area contributed by atoms with Gasteiger partial charge in [0.15, 0.2) is 0 Å². The van der Waals surface area contributed by atoms with Gasteiger partial charge in [-0.2, -0.15) is 0 Å². The van der Waals surface area contributed by atoms with Crippen LogP contribution < -0.4 is 10.5 Å². The lowest BCUT2D eigenvalue weighted by Crippen LogP contribution is -2.01. The summed E-state index contributed by atoms with van der Waals surface area (Å²) in [7, 11) is 0. The Morgan fingerprint density at radius 2 is 2.12 bits per heavy atom. The number of ether oxygens (including phenoxy) is 1. The van der Waals surface area contributed by atoms with Crippen LogP contribution in [-0.2, 0) is 6.54 Å². The molecular weight excluding hydrogens is 236 g/mol. The van der Waals surface area contributed by atoms with Gasteiger partial charge in [-0.25, -0.2) is 4.98 Å². The molecule has 2 rings (SSSR count). The molecule has 0 unspecified atom stereocenters. The minimum Gasteiger partial charge on any atom is -0.438 e. The van der Waals surface area contributed by atoms with Crippen molar-refractivity contribution in [1.29, 1.82) is 0 Å². The molecule has 17 heavy (non-hydrogen) atoms. The van der Waals surface area contributed by atoms with Gasteiger partial charge in [-0.05, 0) is 25.1 Å². The zero-order chi connectivity index (χ0) is 12.3. The molecule has 3 nitrogen and oxygen atoms in total. The minimum atomic E-state index is 0.334. The first-order chi connectivity index (χ1) is 8.22. The van der Waals surface area contributed by atoms with E-state index in [2.05, 4.69) is 4.98 Å². The summed E-state index contributed by atoms with van der Waals surface area (Å²) < 4.78 is 5.74. The molecule has 1 aromatic heterocycles. The predicted octanol–water partition coefficient (Wildman–Crippen LogP) is 3.29. The monoisotopic (exact) mass is 248 g/mol. The van der Waals surface area contributed by atoms with Crippen LogP contribution >= 0.6 is 11.6 Å². The van der Waals surface area contributed by atoms with E-state index in [1.54, 1.807) is 12.3 Å². The standard InChI is InChI=1S/C13H13ClN2O/c1-9-4-3-7-16-13(9)17-12-6-2-5-11(14)10(12)8-15/h2-7H,8,15H2,1H3. The van der Waals surface area contributed by atoms with Crippen molar-refractivity contribution in [2.45, 2.75) is 13.5 Å². The van der Waals surface area contributed by atoms with Crippen LogP contribution in [0.2, 0.25) is 5.02 Å². The highest BCUT2D eigenvalue weighted by molar-refractivity contribution is 6.31. The van der Waals surface area contributed by atoms with Crippen LogP contribution in [0.15, 0.2) is 36.5 Å². The van der Waals surface area contributed by atoms with E-state index in [9.17, 15) is 0 Å². The van der Waals surface area contributed by atoms with E-state index in [1.165, 1.54) is 0 Å². The SMILES string of the molecule is Cc1cccnc1Oc1cccc(Cl)c1CN. The smallest absolute Gasteiger partial charge is 0.222 e. The van der Waals surface area contributed by atoms with Crippen molar-refractivity contribution in [3.63, 3.8) is 0 Å². The molecule has 0 amide bonds. The van der Waals surface area contributed by atoms with Gasteiger partial charge in [0.2, 0.25) is 5.88 Å². The van der Waals surface area contributed by atoms with E-state index in [0.717, 1.165) is 11.1 Å². The maximum atomic E-state index is 6.06. The van der Waals surface area contributed by atoms with Crippen LogP contribution in [0.1, 0.15) is 11.1 Å². The van der Waals surface area contributed by atoms with E-state index in [-0.39, 0.29) is 0 Å². The van der Waals surface area contributed by atoms with Gasteiger partial charge in [0.1, 0.15) is 5.75 Å². The van der Waals surface area contributed by atoms with E-state index >= 15 is 0 Å². The van der Waals surface area contributed by atoms with Crippen molar-refractivity contribution in [3.05, 3.63) is 52.7 Å². The number of nitrogens with two attached hydrogens (primary N) is 1. The number of nitrogens with zero attached hydrogens (tertiary/aromatic N) is 1. The molecule has 0 atom stereocenters. The lowest BCUT2D eigenvalue weighted by Gasteiger charge is -2.11. The van der Waals surface area contributed by atoms with E-state index < -0.39 is 0 Å². The van der Waals surface area contributed by atoms with Gasteiger partial charge in [0, 0.05) is 28.9 Å². The molecule has 2 aromatic rings. The third kappa shape index (κ3) is 2.57. The Morgan fingerprint density at radius 3 is 2.82 bits per heavy atom.